The van der Waals surface area contributed by atoms with Gasteiger partial charge in [-0.15, -0.1) is 0 Å². The van der Waals surface area contributed by atoms with Crippen LogP contribution in [-0.2, 0) is 43.3 Å². The van der Waals surface area contributed by atoms with E-state index in [1.807, 2.05) is 56.3 Å². The first kappa shape index (κ1) is 30.8. The van der Waals surface area contributed by atoms with Crippen molar-refractivity contribution in [3.05, 3.63) is 95.3 Å². The lowest BCUT2D eigenvalue weighted by Crippen LogP contribution is -2.46. The Bertz CT molecular complexity index is 1380. The minimum atomic E-state index is -1.70. The number of ether oxygens (including phenoxy) is 3. The van der Waals surface area contributed by atoms with Crippen LogP contribution in [0.5, 0.6) is 5.75 Å². The zero-order chi connectivity index (χ0) is 30.0. The van der Waals surface area contributed by atoms with Crippen LogP contribution in [0.2, 0.25) is 0 Å². The Morgan fingerprint density at radius 3 is 2.40 bits per heavy atom. The van der Waals surface area contributed by atoms with Gasteiger partial charge in [-0.25, -0.2) is 4.79 Å². The van der Waals surface area contributed by atoms with Gasteiger partial charge in [0, 0.05) is 36.7 Å². The second-order valence-electron chi connectivity index (χ2n) is 9.97. The fourth-order valence-corrected chi connectivity index (χ4v) is 5.31. The summed E-state index contributed by atoms with van der Waals surface area (Å²) in [7, 11) is 0. The number of hydrogen-bond acceptors (Lipinski definition) is 9. The minimum absolute atomic E-state index is 0.000654. The predicted molar refractivity (Wildman–Crippen MR) is 158 cm³/mol. The Labute approximate surface area is 249 Å². The van der Waals surface area contributed by atoms with Crippen molar-refractivity contribution >= 4 is 34.8 Å². The fourth-order valence-electron chi connectivity index (χ4n) is 4.32. The van der Waals surface area contributed by atoms with E-state index in [1.165, 1.54) is 0 Å². The van der Waals surface area contributed by atoms with Crippen LogP contribution in [0.1, 0.15) is 61.6 Å². The summed E-state index contributed by atoms with van der Waals surface area (Å²) in [6.07, 6.45) is 4.09. The summed E-state index contributed by atoms with van der Waals surface area (Å²) in [6, 6.07) is 19.9. The van der Waals surface area contributed by atoms with Crippen molar-refractivity contribution in [3.63, 3.8) is 0 Å². The standard InChI is InChI=1S/C32H34N2O7S/c1-3-4-10-28(35)41-22(2)25-13-14-26(33-20-25)17-18-39-27-15-11-23(12-16-27)19-32(29(36)34-31(38)42-32)30(37)40-21-24-8-6-5-7-9-24/h5-9,11-16,20,22H,3-4,10,17-19,21H2,1-2H3,(H,34,36,38)/t22-,32?/m0/s1. The Morgan fingerprint density at radius 1 is 1.00 bits per heavy atom. The third-order valence-corrected chi connectivity index (χ3v) is 7.89. The summed E-state index contributed by atoms with van der Waals surface area (Å²) in [5, 5.41) is 1.64. The molecule has 0 spiro atoms. The molecule has 1 fully saturated rings. The number of aromatic nitrogens is 1. The molecule has 0 radical (unpaired) electrons. The molecule has 1 aliphatic heterocycles. The van der Waals surface area contributed by atoms with Gasteiger partial charge in [0.05, 0.1) is 6.61 Å². The SMILES string of the molecule is CCCCC(=O)O[C@@H](C)c1ccc(CCOc2ccc(CC3(C(=O)OCc4ccccc4)SC(=O)NC3=O)cc2)nc1. The number of thioether (sulfide) groups is 1. The highest BCUT2D eigenvalue weighted by atomic mass is 32.2. The van der Waals surface area contributed by atoms with Gasteiger partial charge in [0.2, 0.25) is 4.75 Å². The molecule has 0 aliphatic carbocycles. The number of rotatable bonds is 14. The van der Waals surface area contributed by atoms with E-state index in [0.717, 1.165) is 29.7 Å². The Morgan fingerprint density at radius 2 is 1.76 bits per heavy atom. The van der Waals surface area contributed by atoms with E-state index in [9.17, 15) is 19.2 Å². The molecule has 1 N–H and O–H groups in total. The van der Waals surface area contributed by atoms with Gasteiger partial charge in [0.15, 0.2) is 0 Å². The lowest BCUT2D eigenvalue weighted by atomic mass is 9.97. The summed E-state index contributed by atoms with van der Waals surface area (Å²) in [5.74, 6) is -1.03. The number of nitrogens with one attached hydrogen (secondary N) is 1. The summed E-state index contributed by atoms with van der Waals surface area (Å²) in [4.78, 5) is 54.2. The number of esters is 2. The van der Waals surface area contributed by atoms with Gasteiger partial charge in [0.1, 0.15) is 18.5 Å². The van der Waals surface area contributed by atoms with Crippen molar-refractivity contribution in [2.45, 2.75) is 63.4 Å². The van der Waals surface area contributed by atoms with Crippen molar-refractivity contribution in [2.24, 2.45) is 0 Å². The molecule has 10 heteroatoms. The number of hydrogen-bond donors (Lipinski definition) is 1. The molecule has 2 heterocycles. The summed E-state index contributed by atoms with van der Waals surface area (Å²) in [5.41, 5.74) is 3.13. The molecule has 0 bridgehead atoms. The zero-order valence-corrected chi connectivity index (χ0v) is 24.5. The second-order valence-corrected chi connectivity index (χ2v) is 11.2. The van der Waals surface area contributed by atoms with Gasteiger partial charge >= 0.3 is 11.9 Å². The highest BCUT2D eigenvalue weighted by Gasteiger charge is 2.55. The van der Waals surface area contributed by atoms with E-state index in [1.54, 1.807) is 30.5 Å². The number of carbonyl (C=O) groups is 4. The topological polar surface area (TPSA) is 121 Å². The molecule has 3 aromatic rings. The van der Waals surface area contributed by atoms with Crippen LogP contribution in [0, 0.1) is 0 Å². The lowest BCUT2D eigenvalue weighted by molar-refractivity contribution is -0.151. The number of nitrogens with zero attached hydrogens (tertiary/aromatic N) is 1. The van der Waals surface area contributed by atoms with Crippen molar-refractivity contribution in [3.8, 4) is 5.75 Å². The van der Waals surface area contributed by atoms with Gasteiger partial charge in [-0.2, -0.15) is 0 Å². The maximum absolute atomic E-state index is 13.1. The fraction of sp³-hybridized carbons (Fsp3) is 0.344. The van der Waals surface area contributed by atoms with E-state index in [4.69, 9.17) is 14.2 Å². The molecule has 1 aromatic heterocycles. The van der Waals surface area contributed by atoms with Gasteiger partial charge in [-0.1, -0.05) is 61.9 Å². The first-order chi connectivity index (χ1) is 20.3. The average molecular weight is 591 g/mol. The number of benzene rings is 2. The third-order valence-electron chi connectivity index (χ3n) is 6.75. The molecule has 2 atom stereocenters. The smallest absolute Gasteiger partial charge is 0.333 e. The molecule has 220 valence electrons. The molecular weight excluding hydrogens is 556 g/mol. The van der Waals surface area contributed by atoms with E-state index in [0.29, 0.717) is 42.5 Å². The monoisotopic (exact) mass is 590 g/mol. The summed E-state index contributed by atoms with van der Waals surface area (Å²) >= 11 is 0.646. The van der Waals surface area contributed by atoms with E-state index in [2.05, 4.69) is 10.3 Å². The number of amides is 2. The Balaban J connectivity index is 1.29. The van der Waals surface area contributed by atoms with Crippen LogP contribution >= 0.6 is 11.8 Å². The Kier molecular flexibility index (Phi) is 10.7. The normalized spacial score (nSPS) is 16.9. The molecule has 9 nitrogen and oxygen atoms in total. The largest absolute Gasteiger partial charge is 0.493 e. The number of unbranched alkanes of at least 4 members (excludes halogenated alkanes) is 1. The van der Waals surface area contributed by atoms with Crippen molar-refractivity contribution in [1.29, 1.82) is 0 Å². The summed E-state index contributed by atoms with van der Waals surface area (Å²) in [6.45, 7) is 4.25. The lowest BCUT2D eigenvalue weighted by Gasteiger charge is -2.22. The number of pyridine rings is 1. The van der Waals surface area contributed by atoms with Crippen molar-refractivity contribution in [1.82, 2.24) is 10.3 Å². The van der Waals surface area contributed by atoms with Crippen LogP contribution in [-0.4, -0.2) is 39.4 Å². The predicted octanol–water partition coefficient (Wildman–Crippen LogP) is 5.51. The zero-order valence-electron chi connectivity index (χ0n) is 23.7. The van der Waals surface area contributed by atoms with Gasteiger partial charge in [-0.3, -0.25) is 24.7 Å². The quantitative estimate of drug-likeness (QED) is 0.191. The first-order valence-corrected chi connectivity index (χ1v) is 14.7. The van der Waals surface area contributed by atoms with E-state index < -0.39 is 21.9 Å². The van der Waals surface area contributed by atoms with Crippen LogP contribution in [0.3, 0.4) is 0 Å². The Hall–Kier alpha value is -4.18. The highest BCUT2D eigenvalue weighted by Crippen LogP contribution is 2.37. The summed E-state index contributed by atoms with van der Waals surface area (Å²) < 4.78 is 15.1. The first-order valence-electron chi connectivity index (χ1n) is 13.9. The van der Waals surface area contributed by atoms with Crippen molar-refractivity contribution in [2.75, 3.05) is 6.61 Å². The molecule has 1 saturated heterocycles. The molecule has 2 amide bonds. The van der Waals surface area contributed by atoms with Crippen molar-refractivity contribution < 1.29 is 33.4 Å². The minimum Gasteiger partial charge on any atom is -0.493 e. The van der Waals surface area contributed by atoms with Crippen LogP contribution in [0.25, 0.3) is 0 Å². The maximum atomic E-state index is 13.1. The molecule has 1 unspecified atom stereocenters. The average Bonchev–Trinajstić information content (AvgIpc) is 3.29. The second kappa shape index (κ2) is 14.6. The molecule has 42 heavy (non-hydrogen) atoms. The van der Waals surface area contributed by atoms with Gasteiger partial charge < -0.3 is 14.2 Å². The van der Waals surface area contributed by atoms with Crippen LogP contribution < -0.4 is 10.1 Å². The number of carbonyl (C=O) groups excluding carboxylic acids is 4. The maximum Gasteiger partial charge on any atom is 0.333 e. The van der Waals surface area contributed by atoms with E-state index in [-0.39, 0.29) is 25.1 Å². The molecule has 1 aliphatic rings. The third kappa shape index (κ3) is 8.19. The highest BCUT2D eigenvalue weighted by molar-refractivity contribution is 8.16. The number of imide groups is 1. The molecule has 0 saturated carbocycles. The molecule has 4 rings (SSSR count). The van der Waals surface area contributed by atoms with E-state index >= 15 is 0 Å². The van der Waals surface area contributed by atoms with Crippen LogP contribution in [0.15, 0.2) is 72.9 Å². The molecule has 2 aromatic carbocycles. The van der Waals surface area contributed by atoms with Gasteiger partial charge in [0.25, 0.3) is 11.1 Å². The molecular formula is C32H34N2O7S. The van der Waals surface area contributed by atoms with Gasteiger partial charge in [-0.05, 0) is 54.4 Å². The van der Waals surface area contributed by atoms with Crippen LogP contribution in [0.4, 0.5) is 4.79 Å².